The number of fused-ring (bicyclic) bond motifs is 2. The van der Waals surface area contributed by atoms with Gasteiger partial charge in [-0.3, -0.25) is 14.5 Å². The summed E-state index contributed by atoms with van der Waals surface area (Å²) in [6.45, 7) is 10.6. The summed E-state index contributed by atoms with van der Waals surface area (Å²) in [6, 6.07) is 14.3. The van der Waals surface area contributed by atoms with Crippen LogP contribution in [-0.2, 0) is 32.5 Å². The summed E-state index contributed by atoms with van der Waals surface area (Å²) < 4.78 is 7.40. The molecule has 3 heterocycles. The van der Waals surface area contributed by atoms with Gasteiger partial charge in [0.05, 0.1) is 7.11 Å². The quantitative estimate of drug-likeness (QED) is 0.560. The van der Waals surface area contributed by atoms with E-state index in [0.29, 0.717) is 37.4 Å². The van der Waals surface area contributed by atoms with Crippen LogP contribution in [0.3, 0.4) is 0 Å². The van der Waals surface area contributed by atoms with E-state index in [2.05, 4.69) is 49.9 Å². The Bertz CT molecular complexity index is 1370. The molecule has 0 bridgehead atoms. The number of methoxy groups -OCH3 is 1. The summed E-state index contributed by atoms with van der Waals surface area (Å²) >= 11 is 0. The highest BCUT2D eigenvalue weighted by molar-refractivity contribution is 5.98. The van der Waals surface area contributed by atoms with Crippen molar-refractivity contribution in [3.63, 3.8) is 0 Å². The van der Waals surface area contributed by atoms with Gasteiger partial charge < -0.3 is 14.2 Å². The van der Waals surface area contributed by atoms with E-state index in [1.165, 1.54) is 39.4 Å². The lowest BCUT2D eigenvalue weighted by atomic mass is 9.98. The Morgan fingerprint density at radius 3 is 2.42 bits per heavy atom. The summed E-state index contributed by atoms with van der Waals surface area (Å²) in [5, 5.41) is 0. The van der Waals surface area contributed by atoms with Crippen molar-refractivity contribution in [2.45, 2.75) is 53.2 Å². The molecule has 0 spiro atoms. The molecule has 188 valence electrons. The van der Waals surface area contributed by atoms with Crippen molar-refractivity contribution in [1.29, 1.82) is 0 Å². The summed E-state index contributed by atoms with van der Waals surface area (Å²) in [4.78, 5) is 31.2. The maximum Gasteiger partial charge on any atom is 0.259 e. The van der Waals surface area contributed by atoms with E-state index < -0.39 is 0 Å². The minimum Gasteiger partial charge on any atom is -0.496 e. The molecule has 2 aromatic carbocycles. The number of benzene rings is 2. The van der Waals surface area contributed by atoms with Crippen molar-refractivity contribution in [2.24, 2.45) is 0 Å². The minimum atomic E-state index is -0.105. The molecule has 2 aliphatic rings. The SMILES string of the molecule is COc1cc(=O)n2c(c1C(=O)N1CCc3ccccc3C1)CCN(Cc1cc(C)c(C)cc1C)CC2. The first-order valence-corrected chi connectivity index (χ1v) is 12.8. The summed E-state index contributed by atoms with van der Waals surface area (Å²) in [5.74, 6) is 0.331. The lowest BCUT2D eigenvalue weighted by Gasteiger charge is -2.30. The largest absolute Gasteiger partial charge is 0.496 e. The van der Waals surface area contributed by atoms with Crippen LogP contribution in [0.15, 0.2) is 47.3 Å². The molecule has 0 fully saturated rings. The molecular weight excluding hydrogens is 450 g/mol. The fourth-order valence-corrected chi connectivity index (χ4v) is 5.60. The number of amides is 1. The Hall–Kier alpha value is -3.38. The second kappa shape index (κ2) is 9.94. The third-order valence-electron chi connectivity index (χ3n) is 7.88. The van der Waals surface area contributed by atoms with Crippen LogP contribution in [-0.4, -0.2) is 47.0 Å². The first-order valence-electron chi connectivity index (χ1n) is 12.8. The van der Waals surface area contributed by atoms with E-state index in [9.17, 15) is 9.59 Å². The van der Waals surface area contributed by atoms with Crippen molar-refractivity contribution in [3.8, 4) is 5.75 Å². The van der Waals surface area contributed by atoms with Gasteiger partial charge in [0.2, 0.25) is 0 Å². The predicted octanol–water partition coefficient (Wildman–Crippen LogP) is 4.04. The zero-order valence-corrected chi connectivity index (χ0v) is 21.8. The molecule has 0 saturated heterocycles. The van der Waals surface area contributed by atoms with Gasteiger partial charge in [-0.05, 0) is 60.6 Å². The van der Waals surface area contributed by atoms with Crippen LogP contribution in [0.4, 0.5) is 0 Å². The number of carbonyl (C=O) groups excluding carboxylic acids is 1. The van der Waals surface area contributed by atoms with E-state index in [1.807, 2.05) is 17.0 Å². The number of aromatic nitrogens is 1. The molecule has 6 heteroatoms. The third kappa shape index (κ3) is 4.58. The minimum absolute atomic E-state index is 0.0523. The Morgan fingerprint density at radius 1 is 0.889 bits per heavy atom. The normalized spacial score (nSPS) is 15.7. The molecule has 3 aromatic rings. The molecular formula is C30H35N3O3. The molecule has 0 N–H and O–H groups in total. The van der Waals surface area contributed by atoms with Crippen molar-refractivity contribution in [1.82, 2.24) is 14.4 Å². The smallest absolute Gasteiger partial charge is 0.259 e. The summed E-state index contributed by atoms with van der Waals surface area (Å²) in [7, 11) is 1.54. The Kier molecular flexibility index (Phi) is 6.71. The van der Waals surface area contributed by atoms with Crippen LogP contribution in [0.5, 0.6) is 5.75 Å². The zero-order valence-electron chi connectivity index (χ0n) is 21.8. The first-order chi connectivity index (χ1) is 17.4. The van der Waals surface area contributed by atoms with E-state index in [0.717, 1.165) is 31.7 Å². The highest BCUT2D eigenvalue weighted by Gasteiger charge is 2.30. The fraction of sp³-hybridized carbons (Fsp3) is 0.400. The van der Waals surface area contributed by atoms with Crippen LogP contribution in [0.25, 0.3) is 0 Å². The maximum atomic E-state index is 13.9. The fourth-order valence-electron chi connectivity index (χ4n) is 5.60. The van der Waals surface area contributed by atoms with E-state index >= 15 is 0 Å². The maximum absolute atomic E-state index is 13.9. The molecule has 6 nitrogen and oxygen atoms in total. The molecule has 0 aliphatic carbocycles. The van der Waals surface area contributed by atoms with Crippen LogP contribution in [0.1, 0.15) is 49.4 Å². The number of carbonyl (C=O) groups is 1. The average molecular weight is 486 g/mol. The molecule has 1 amide bonds. The predicted molar refractivity (Wildman–Crippen MR) is 142 cm³/mol. The van der Waals surface area contributed by atoms with Crippen LogP contribution >= 0.6 is 0 Å². The van der Waals surface area contributed by atoms with Crippen LogP contribution in [0, 0.1) is 20.8 Å². The Balaban J connectivity index is 1.43. The number of ether oxygens (including phenoxy) is 1. The molecule has 36 heavy (non-hydrogen) atoms. The van der Waals surface area contributed by atoms with E-state index in [1.54, 1.807) is 11.7 Å². The topological polar surface area (TPSA) is 54.8 Å². The Labute approximate surface area is 213 Å². The third-order valence-corrected chi connectivity index (χ3v) is 7.88. The molecule has 0 atom stereocenters. The van der Waals surface area contributed by atoms with Gasteiger partial charge in [0.1, 0.15) is 11.3 Å². The van der Waals surface area contributed by atoms with Crippen LogP contribution in [0.2, 0.25) is 0 Å². The average Bonchev–Trinajstić information content (AvgIpc) is 3.09. The Morgan fingerprint density at radius 2 is 1.64 bits per heavy atom. The van der Waals surface area contributed by atoms with Crippen molar-refractivity contribution in [3.05, 3.63) is 97.5 Å². The molecule has 0 radical (unpaired) electrons. The lowest BCUT2D eigenvalue weighted by Crippen LogP contribution is -2.38. The number of hydrogen-bond donors (Lipinski definition) is 0. The number of rotatable bonds is 4. The van der Waals surface area contributed by atoms with Gasteiger partial charge in [0.25, 0.3) is 11.5 Å². The molecule has 0 saturated carbocycles. The van der Waals surface area contributed by atoms with Gasteiger partial charge in [-0.15, -0.1) is 0 Å². The van der Waals surface area contributed by atoms with Gasteiger partial charge in [0.15, 0.2) is 0 Å². The van der Waals surface area contributed by atoms with Crippen LogP contribution < -0.4 is 10.3 Å². The van der Waals surface area contributed by atoms with E-state index in [-0.39, 0.29) is 11.5 Å². The summed E-state index contributed by atoms with van der Waals surface area (Å²) in [6.07, 6.45) is 1.46. The first kappa shape index (κ1) is 24.3. The number of aryl methyl sites for hydroxylation is 3. The number of hydrogen-bond acceptors (Lipinski definition) is 4. The highest BCUT2D eigenvalue weighted by atomic mass is 16.5. The number of pyridine rings is 1. The van der Waals surface area contributed by atoms with Crippen molar-refractivity contribution < 1.29 is 9.53 Å². The number of nitrogens with zero attached hydrogens (tertiary/aromatic N) is 3. The van der Waals surface area contributed by atoms with Crippen molar-refractivity contribution in [2.75, 3.05) is 26.7 Å². The van der Waals surface area contributed by atoms with E-state index in [4.69, 9.17) is 4.74 Å². The molecule has 1 aromatic heterocycles. The second-order valence-electron chi connectivity index (χ2n) is 10.2. The zero-order chi connectivity index (χ0) is 25.4. The molecule has 5 rings (SSSR count). The monoisotopic (exact) mass is 485 g/mol. The molecule has 2 aliphatic heterocycles. The van der Waals surface area contributed by atoms with Gasteiger partial charge in [-0.2, -0.15) is 0 Å². The standard InChI is InChI=1S/C30H35N3O3/c1-20-15-22(3)25(16-21(20)2)18-31-11-10-26-29(27(36-4)17-28(34)33(26)14-13-31)30(35)32-12-9-23-7-5-6-8-24(23)19-32/h5-8,15-17H,9-14,18-19H2,1-4H3. The summed E-state index contributed by atoms with van der Waals surface area (Å²) in [5.41, 5.74) is 8.93. The van der Waals surface area contributed by atoms with Gasteiger partial charge in [0, 0.05) is 57.4 Å². The van der Waals surface area contributed by atoms with Gasteiger partial charge >= 0.3 is 0 Å². The second-order valence-corrected chi connectivity index (χ2v) is 10.2. The highest BCUT2D eigenvalue weighted by Crippen LogP contribution is 2.28. The van der Waals surface area contributed by atoms with Crippen molar-refractivity contribution >= 4 is 5.91 Å². The van der Waals surface area contributed by atoms with Gasteiger partial charge in [-0.25, -0.2) is 0 Å². The van der Waals surface area contributed by atoms with Gasteiger partial charge in [-0.1, -0.05) is 36.4 Å². The molecule has 0 unspecified atom stereocenters. The lowest BCUT2D eigenvalue weighted by molar-refractivity contribution is 0.0728.